The van der Waals surface area contributed by atoms with Crippen LogP contribution in [0, 0.1) is 10.1 Å². The van der Waals surface area contributed by atoms with Crippen LogP contribution in [-0.2, 0) is 10.0 Å². The van der Waals surface area contributed by atoms with Crippen molar-refractivity contribution < 1.29 is 13.3 Å². The molecular formula is C10H12N6O4S. The number of nitrogens with zero attached hydrogens (tertiary/aromatic N) is 3. The van der Waals surface area contributed by atoms with Crippen LogP contribution < -0.4 is 10.5 Å². The van der Waals surface area contributed by atoms with Gasteiger partial charge in [0.05, 0.1) is 16.7 Å². The summed E-state index contributed by atoms with van der Waals surface area (Å²) in [6.07, 6.45) is 1.25. The molecule has 0 aliphatic heterocycles. The minimum atomic E-state index is -3.94. The molecule has 0 bridgehead atoms. The summed E-state index contributed by atoms with van der Waals surface area (Å²) < 4.78 is 26.8. The maximum absolute atomic E-state index is 12.2. The molecule has 0 saturated heterocycles. The summed E-state index contributed by atoms with van der Waals surface area (Å²) in [4.78, 5) is 13.6. The predicted octanol–water partition coefficient (Wildman–Crippen LogP) is 0.335. The molecule has 4 N–H and O–H groups in total. The number of nitro benzene ring substituents is 1. The van der Waals surface area contributed by atoms with Crippen molar-refractivity contribution in [1.82, 2.24) is 19.9 Å². The van der Waals surface area contributed by atoms with Gasteiger partial charge in [0.15, 0.2) is 0 Å². The van der Waals surface area contributed by atoms with E-state index in [9.17, 15) is 18.5 Å². The number of hydrogen-bond acceptors (Lipinski definition) is 7. The Labute approximate surface area is 119 Å². The van der Waals surface area contributed by atoms with Crippen molar-refractivity contribution in [2.75, 3.05) is 5.73 Å². The first-order valence-electron chi connectivity index (χ1n) is 5.73. The second-order valence-corrected chi connectivity index (χ2v) is 5.88. The Morgan fingerprint density at radius 1 is 1.48 bits per heavy atom. The minimum absolute atomic E-state index is 0.207. The molecule has 11 heteroatoms. The number of aromatic nitrogens is 3. The predicted molar refractivity (Wildman–Crippen MR) is 72.6 cm³/mol. The number of hydrogen-bond donors (Lipinski definition) is 3. The molecule has 2 aromatic rings. The number of sulfonamides is 1. The Morgan fingerprint density at radius 3 is 2.71 bits per heavy atom. The summed E-state index contributed by atoms with van der Waals surface area (Å²) in [5.41, 5.74) is 5.09. The summed E-state index contributed by atoms with van der Waals surface area (Å²) in [5, 5.41) is 16.8. The second kappa shape index (κ2) is 5.46. The molecule has 0 spiro atoms. The fourth-order valence-electron chi connectivity index (χ4n) is 1.67. The number of nitrogen functional groups attached to an aromatic ring is 1. The molecule has 21 heavy (non-hydrogen) atoms. The molecule has 0 saturated carbocycles. The van der Waals surface area contributed by atoms with E-state index in [4.69, 9.17) is 5.73 Å². The number of rotatable bonds is 5. The number of nitrogens with two attached hydrogens (primary N) is 1. The van der Waals surface area contributed by atoms with Crippen molar-refractivity contribution in [3.05, 3.63) is 40.5 Å². The van der Waals surface area contributed by atoms with Gasteiger partial charge in [-0.3, -0.25) is 15.2 Å². The molecule has 112 valence electrons. The molecule has 1 unspecified atom stereocenters. The fraction of sp³-hybridized carbons (Fsp3) is 0.200. The Bertz CT molecular complexity index is 758. The van der Waals surface area contributed by atoms with Crippen molar-refractivity contribution >= 4 is 21.4 Å². The minimum Gasteiger partial charge on any atom is -0.397 e. The van der Waals surface area contributed by atoms with Gasteiger partial charge in [-0.05, 0) is 13.0 Å². The van der Waals surface area contributed by atoms with Crippen LogP contribution in [-0.4, -0.2) is 28.5 Å². The highest BCUT2D eigenvalue weighted by atomic mass is 32.2. The van der Waals surface area contributed by atoms with E-state index in [1.807, 2.05) is 0 Å². The van der Waals surface area contributed by atoms with Crippen LogP contribution in [0.1, 0.15) is 18.8 Å². The van der Waals surface area contributed by atoms with E-state index in [2.05, 4.69) is 19.9 Å². The molecule has 0 amide bonds. The van der Waals surface area contributed by atoms with Crippen LogP contribution in [0.25, 0.3) is 0 Å². The van der Waals surface area contributed by atoms with Gasteiger partial charge in [-0.25, -0.2) is 18.1 Å². The highest BCUT2D eigenvalue weighted by Crippen LogP contribution is 2.24. The van der Waals surface area contributed by atoms with Gasteiger partial charge in [0.25, 0.3) is 5.69 Å². The zero-order valence-electron chi connectivity index (χ0n) is 10.8. The average Bonchev–Trinajstić information content (AvgIpc) is 2.91. The summed E-state index contributed by atoms with van der Waals surface area (Å²) in [7, 11) is -3.94. The number of benzene rings is 1. The second-order valence-electron chi connectivity index (χ2n) is 4.19. The van der Waals surface area contributed by atoms with Crippen molar-refractivity contribution in [3.63, 3.8) is 0 Å². The largest absolute Gasteiger partial charge is 0.397 e. The SMILES string of the molecule is CC(NS(=O)(=O)c1ccc([N+](=O)[O-])cc1N)c1ncn[nH]1. The van der Waals surface area contributed by atoms with Gasteiger partial charge in [-0.2, -0.15) is 5.10 Å². The normalized spacial score (nSPS) is 13.0. The fourth-order valence-corrected chi connectivity index (χ4v) is 2.99. The Kier molecular flexibility index (Phi) is 3.86. The highest BCUT2D eigenvalue weighted by molar-refractivity contribution is 7.89. The third kappa shape index (κ3) is 3.14. The highest BCUT2D eigenvalue weighted by Gasteiger charge is 2.23. The van der Waals surface area contributed by atoms with Gasteiger partial charge in [0.2, 0.25) is 10.0 Å². The van der Waals surface area contributed by atoms with E-state index in [1.165, 1.54) is 6.33 Å². The molecule has 1 heterocycles. The Hall–Kier alpha value is -2.53. The molecule has 0 aliphatic carbocycles. The molecule has 0 aliphatic rings. The van der Waals surface area contributed by atoms with Gasteiger partial charge in [0.1, 0.15) is 17.0 Å². The lowest BCUT2D eigenvalue weighted by atomic mass is 10.3. The van der Waals surface area contributed by atoms with Crippen molar-refractivity contribution in [2.45, 2.75) is 17.9 Å². The third-order valence-electron chi connectivity index (χ3n) is 2.67. The standard InChI is InChI=1S/C10H12N6O4S/c1-6(10-12-5-13-14-10)15-21(19,20)9-3-2-7(16(17)18)4-8(9)11/h2-6,15H,11H2,1H3,(H,12,13,14). The summed E-state index contributed by atoms with van der Waals surface area (Å²) in [6.45, 7) is 1.57. The lowest BCUT2D eigenvalue weighted by molar-refractivity contribution is -0.384. The summed E-state index contributed by atoms with van der Waals surface area (Å²) in [5.74, 6) is 0.332. The third-order valence-corrected chi connectivity index (χ3v) is 4.28. The van der Waals surface area contributed by atoms with Crippen molar-refractivity contribution in [1.29, 1.82) is 0 Å². The van der Waals surface area contributed by atoms with E-state index < -0.39 is 21.0 Å². The molecule has 1 aromatic carbocycles. The number of nitrogens with one attached hydrogen (secondary N) is 2. The summed E-state index contributed by atoms with van der Waals surface area (Å²) in [6, 6.07) is 2.49. The van der Waals surface area contributed by atoms with Gasteiger partial charge in [-0.1, -0.05) is 0 Å². The van der Waals surface area contributed by atoms with Crippen LogP contribution in [0.5, 0.6) is 0 Å². The van der Waals surface area contributed by atoms with E-state index >= 15 is 0 Å². The van der Waals surface area contributed by atoms with E-state index in [-0.39, 0.29) is 16.3 Å². The first-order chi connectivity index (χ1) is 9.81. The van der Waals surface area contributed by atoms with Crippen molar-refractivity contribution in [2.24, 2.45) is 0 Å². The Balaban J connectivity index is 2.29. The number of aromatic amines is 1. The number of nitro groups is 1. The molecular weight excluding hydrogens is 300 g/mol. The van der Waals surface area contributed by atoms with Gasteiger partial charge < -0.3 is 5.73 Å². The molecule has 0 fully saturated rings. The maximum atomic E-state index is 12.2. The lowest BCUT2D eigenvalue weighted by Crippen LogP contribution is -2.28. The molecule has 2 rings (SSSR count). The number of non-ortho nitro benzene ring substituents is 1. The van der Waals surface area contributed by atoms with Crippen LogP contribution >= 0.6 is 0 Å². The summed E-state index contributed by atoms with van der Waals surface area (Å²) >= 11 is 0. The number of anilines is 1. The molecule has 1 aromatic heterocycles. The van der Waals surface area contributed by atoms with Crippen LogP contribution in [0.3, 0.4) is 0 Å². The quantitative estimate of drug-likeness (QED) is 0.408. The first kappa shape index (κ1) is 14.9. The van der Waals surface area contributed by atoms with Crippen molar-refractivity contribution in [3.8, 4) is 0 Å². The van der Waals surface area contributed by atoms with Gasteiger partial charge in [-0.15, -0.1) is 0 Å². The zero-order valence-corrected chi connectivity index (χ0v) is 11.7. The van der Waals surface area contributed by atoms with E-state index in [1.54, 1.807) is 6.92 Å². The van der Waals surface area contributed by atoms with Crippen LogP contribution in [0.2, 0.25) is 0 Å². The number of H-pyrrole nitrogens is 1. The molecule has 0 radical (unpaired) electrons. The average molecular weight is 312 g/mol. The van der Waals surface area contributed by atoms with Gasteiger partial charge >= 0.3 is 0 Å². The molecule has 1 atom stereocenters. The van der Waals surface area contributed by atoms with E-state index in [0.717, 1.165) is 18.2 Å². The monoisotopic (exact) mass is 312 g/mol. The first-order valence-corrected chi connectivity index (χ1v) is 7.21. The smallest absolute Gasteiger partial charge is 0.271 e. The molecule has 10 nitrogen and oxygen atoms in total. The van der Waals surface area contributed by atoms with Gasteiger partial charge in [0, 0.05) is 12.1 Å². The topological polar surface area (TPSA) is 157 Å². The van der Waals surface area contributed by atoms with Crippen LogP contribution in [0.15, 0.2) is 29.4 Å². The Morgan fingerprint density at radius 2 is 2.19 bits per heavy atom. The zero-order chi connectivity index (χ0) is 15.6. The van der Waals surface area contributed by atoms with E-state index in [0.29, 0.717) is 5.82 Å². The lowest BCUT2D eigenvalue weighted by Gasteiger charge is -2.13. The maximum Gasteiger partial charge on any atom is 0.271 e. The van der Waals surface area contributed by atoms with Crippen LogP contribution in [0.4, 0.5) is 11.4 Å².